The summed E-state index contributed by atoms with van der Waals surface area (Å²) in [6.07, 6.45) is 5.64. The van der Waals surface area contributed by atoms with Crippen molar-refractivity contribution in [2.45, 2.75) is 18.6 Å². The van der Waals surface area contributed by atoms with Crippen molar-refractivity contribution in [3.05, 3.63) is 71.1 Å². The molecule has 3 aromatic heterocycles. The smallest absolute Gasteiger partial charge is 0.316 e. The van der Waals surface area contributed by atoms with Crippen LogP contribution in [0.3, 0.4) is 0 Å². The third-order valence-electron chi connectivity index (χ3n) is 5.66. The molecule has 0 spiro atoms. The molecule has 4 aromatic rings. The summed E-state index contributed by atoms with van der Waals surface area (Å²) in [6.45, 7) is 1.45. The molecule has 1 amide bonds. The number of methoxy groups -OCH3 is 1. The lowest BCUT2D eigenvalue weighted by atomic mass is 9.92. The van der Waals surface area contributed by atoms with E-state index >= 15 is 4.39 Å². The molecule has 36 heavy (non-hydrogen) atoms. The molecule has 0 saturated carbocycles. The zero-order chi connectivity index (χ0) is 26.2. The average molecular weight is 514 g/mol. The van der Waals surface area contributed by atoms with Crippen LogP contribution in [0.25, 0.3) is 22.2 Å². The molecular weight excluding hydrogens is 493 g/mol. The fourth-order valence-corrected chi connectivity index (χ4v) is 4.86. The molecule has 13 heteroatoms. The first-order valence-electron chi connectivity index (χ1n) is 10.5. The second-order valence-electron chi connectivity index (χ2n) is 7.78. The van der Waals surface area contributed by atoms with Gasteiger partial charge >= 0.3 is 6.01 Å². The molecule has 186 valence electrons. The van der Waals surface area contributed by atoms with E-state index in [0.717, 1.165) is 12.1 Å². The first kappa shape index (κ1) is 24.9. The van der Waals surface area contributed by atoms with Gasteiger partial charge in [-0.05, 0) is 24.1 Å². The maximum atomic E-state index is 15.5. The van der Waals surface area contributed by atoms with E-state index in [1.807, 2.05) is 0 Å². The molecule has 3 heterocycles. The Kier molecular flexibility index (Phi) is 6.52. The predicted molar refractivity (Wildman–Crippen MR) is 127 cm³/mol. The van der Waals surface area contributed by atoms with Crippen molar-refractivity contribution in [3.63, 3.8) is 0 Å². The first-order chi connectivity index (χ1) is 17.1. The molecule has 0 fully saturated rings. The third kappa shape index (κ3) is 4.41. The van der Waals surface area contributed by atoms with Crippen LogP contribution in [0.4, 0.5) is 4.39 Å². The topological polar surface area (TPSA) is 178 Å². The van der Waals surface area contributed by atoms with Crippen molar-refractivity contribution in [3.8, 4) is 17.1 Å². The number of hydrogen-bond donors (Lipinski definition) is 3. The molecule has 0 radical (unpaired) electrons. The van der Waals surface area contributed by atoms with Gasteiger partial charge < -0.3 is 15.5 Å². The predicted octanol–water partition coefficient (Wildman–Crippen LogP) is 2.84. The number of rotatable bonds is 8. The summed E-state index contributed by atoms with van der Waals surface area (Å²) in [7, 11) is -3.29. The second kappa shape index (κ2) is 9.43. The van der Waals surface area contributed by atoms with E-state index in [0.29, 0.717) is 22.2 Å². The first-order valence-corrected chi connectivity index (χ1v) is 12.0. The van der Waals surface area contributed by atoms with Crippen molar-refractivity contribution in [2.24, 2.45) is 5.73 Å². The van der Waals surface area contributed by atoms with Gasteiger partial charge in [-0.2, -0.15) is 8.42 Å². The number of carbonyl (C=O) groups is 2. The van der Waals surface area contributed by atoms with Crippen LogP contribution in [0.2, 0.25) is 0 Å². The Balaban J connectivity index is 1.91. The highest BCUT2D eigenvalue weighted by Crippen LogP contribution is 2.34. The van der Waals surface area contributed by atoms with E-state index in [1.54, 1.807) is 6.07 Å². The lowest BCUT2D eigenvalue weighted by Gasteiger charge is -2.17. The van der Waals surface area contributed by atoms with Crippen LogP contribution in [0, 0.1) is 5.82 Å². The Morgan fingerprint density at radius 2 is 1.81 bits per heavy atom. The number of ether oxygens (including phenoxy) is 1. The number of hydrogen-bond acceptors (Lipinski definition) is 8. The van der Waals surface area contributed by atoms with Crippen LogP contribution < -0.4 is 10.5 Å². The summed E-state index contributed by atoms with van der Waals surface area (Å²) in [5, 5.41) is -1.31. The second-order valence-corrected chi connectivity index (χ2v) is 9.38. The molecule has 11 nitrogen and oxygen atoms in total. The van der Waals surface area contributed by atoms with Crippen molar-refractivity contribution in [2.75, 3.05) is 7.11 Å². The zero-order valence-corrected chi connectivity index (χ0v) is 19.8. The minimum atomic E-state index is -4.71. The number of amides is 1. The summed E-state index contributed by atoms with van der Waals surface area (Å²) in [5.74, 6) is -3.35. The van der Waals surface area contributed by atoms with E-state index in [4.69, 9.17) is 10.5 Å². The van der Waals surface area contributed by atoms with Gasteiger partial charge in [-0.3, -0.25) is 14.1 Å². The fraction of sp³-hybridized carbons (Fsp3) is 0.174. The minimum absolute atomic E-state index is 0.0410. The number of aromatic amines is 1. The highest BCUT2D eigenvalue weighted by atomic mass is 32.2. The van der Waals surface area contributed by atoms with Gasteiger partial charge in [0.1, 0.15) is 16.7 Å². The monoisotopic (exact) mass is 513 g/mol. The summed E-state index contributed by atoms with van der Waals surface area (Å²) >= 11 is 0. The number of halogens is 1. The van der Waals surface area contributed by atoms with Crippen molar-refractivity contribution in [1.29, 1.82) is 0 Å². The Morgan fingerprint density at radius 3 is 2.39 bits per heavy atom. The quantitative estimate of drug-likeness (QED) is 0.236. The summed E-state index contributed by atoms with van der Waals surface area (Å²) in [6, 6.07) is 3.85. The van der Waals surface area contributed by atoms with E-state index in [-0.39, 0.29) is 23.6 Å². The van der Waals surface area contributed by atoms with Crippen LogP contribution in [0.15, 0.2) is 43.0 Å². The standard InChI is InChI=1S/C23H20FN5O6S/c1-3-17(36(32,33)34)13-4-5-14(21(25)31)19(24)18(13)20(30)16-10-27-22-15(16)6-11(7-26-22)12-8-28-23(35-2)29-9-12/h4-10,17H,3H2,1-2H3,(H2,25,31)(H,26,27)(H,32,33,34). The van der Waals surface area contributed by atoms with Crippen LogP contribution >= 0.6 is 0 Å². The zero-order valence-electron chi connectivity index (χ0n) is 19.0. The number of carbonyl (C=O) groups excluding carboxylic acids is 2. The lowest BCUT2D eigenvalue weighted by molar-refractivity contribution is 0.0996. The van der Waals surface area contributed by atoms with Gasteiger partial charge in [-0.25, -0.2) is 19.3 Å². The summed E-state index contributed by atoms with van der Waals surface area (Å²) in [4.78, 5) is 40.6. The van der Waals surface area contributed by atoms with Crippen molar-refractivity contribution >= 4 is 32.8 Å². The molecular formula is C23H20FN5O6S. The minimum Gasteiger partial charge on any atom is -0.467 e. The largest absolute Gasteiger partial charge is 0.467 e. The normalized spacial score (nSPS) is 12.4. The third-order valence-corrected chi connectivity index (χ3v) is 6.97. The van der Waals surface area contributed by atoms with E-state index < -0.39 is 44.0 Å². The molecule has 4 rings (SSSR count). The van der Waals surface area contributed by atoms with Crippen LogP contribution in [0.1, 0.15) is 50.4 Å². The summed E-state index contributed by atoms with van der Waals surface area (Å²) < 4.78 is 54.2. The molecule has 4 N–H and O–H groups in total. The van der Waals surface area contributed by atoms with Crippen molar-refractivity contribution in [1.82, 2.24) is 19.9 Å². The van der Waals surface area contributed by atoms with Gasteiger partial charge in [0.05, 0.1) is 18.2 Å². The molecule has 1 aromatic carbocycles. The van der Waals surface area contributed by atoms with E-state index in [1.165, 1.54) is 38.8 Å². The number of aromatic nitrogens is 4. The number of primary amides is 1. The Morgan fingerprint density at radius 1 is 1.14 bits per heavy atom. The van der Waals surface area contributed by atoms with Gasteiger partial charge in [0.15, 0.2) is 5.78 Å². The molecule has 0 bridgehead atoms. The number of nitrogens with zero attached hydrogens (tertiary/aromatic N) is 3. The lowest BCUT2D eigenvalue weighted by Crippen LogP contribution is -2.21. The van der Waals surface area contributed by atoms with Gasteiger partial charge in [0, 0.05) is 46.9 Å². The Hall–Kier alpha value is -4.23. The molecule has 0 aliphatic carbocycles. The number of nitrogens with two attached hydrogens (primary N) is 1. The number of nitrogens with one attached hydrogen (secondary N) is 1. The number of fused-ring (bicyclic) bond motifs is 1. The van der Waals surface area contributed by atoms with Crippen molar-refractivity contribution < 1.29 is 31.7 Å². The number of H-pyrrole nitrogens is 1. The van der Waals surface area contributed by atoms with Crippen LogP contribution in [0.5, 0.6) is 6.01 Å². The molecule has 0 saturated heterocycles. The van der Waals surface area contributed by atoms with E-state index in [2.05, 4.69) is 19.9 Å². The van der Waals surface area contributed by atoms with E-state index in [9.17, 15) is 22.6 Å². The number of ketones is 1. The number of benzene rings is 1. The molecule has 0 aliphatic rings. The van der Waals surface area contributed by atoms with Gasteiger partial charge in [-0.15, -0.1) is 0 Å². The summed E-state index contributed by atoms with van der Waals surface area (Å²) in [5.41, 5.74) is 5.02. The average Bonchev–Trinajstić information content (AvgIpc) is 3.26. The molecule has 0 aliphatic heterocycles. The van der Waals surface area contributed by atoms with Gasteiger partial charge in [0.2, 0.25) is 0 Å². The maximum absolute atomic E-state index is 15.5. The SMILES string of the molecule is CCC(c1ccc(C(N)=O)c(F)c1C(=O)c1c[nH]c2ncc(-c3cnc(OC)nc3)cc12)S(=O)(=O)O. The molecule has 1 unspecified atom stereocenters. The van der Waals surface area contributed by atoms with Gasteiger partial charge in [-0.1, -0.05) is 13.0 Å². The highest BCUT2D eigenvalue weighted by Gasteiger charge is 2.33. The fourth-order valence-electron chi connectivity index (χ4n) is 3.93. The van der Waals surface area contributed by atoms with Gasteiger partial charge in [0.25, 0.3) is 16.0 Å². The molecule has 1 atom stereocenters. The number of pyridine rings is 1. The van der Waals surface area contributed by atoms with Crippen LogP contribution in [-0.4, -0.2) is 51.7 Å². The van der Waals surface area contributed by atoms with Crippen LogP contribution in [-0.2, 0) is 10.1 Å². The highest BCUT2D eigenvalue weighted by molar-refractivity contribution is 7.86. The Labute approximate surface area is 204 Å². The Bertz CT molecular complexity index is 1600. The maximum Gasteiger partial charge on any atom is 0.316 e.